The first-order chi connectivity index (χ1) is 20.6. The van der Waals surface area contributed by atoms with Crippen molar-refractivity contribution in [1.29, 1.82) is 0 Å². The van der Waals surface area contributed by atoms with Crippen LogP contribution < -0.4 is 35.5 Å². The molecule has 0 aromatic heterocycles. The number of allylic oxidation sites excluding steroid dienone is 5. The highest BCUT2D eigenvalue weighted by molar-refractivity contribution is 6.12. The van der Waals surface area contributed by atoms with Crippen LogP contribution in [0.5, 0.6) is 0 Å². The van der Waals surface area contributed by atoms with Gasteiger partial charge in [0, 0.05) is 22.5 Å². The Kier molecular flexibility index (Phi) is 12.8. The molecule has 3 rings (SSSR count). The first-order valence-electron chi connectivity index (χ1n) is 15.9. The van der Waals surface area contributed by atoms with Gasteiger partial charge in [0.25, 0.3) is 0 Å². The Bertz CT molecular complexity index is 1320. The first-order valence-corrected chi connectivity index (χ1v) is 17.1. The Morgan fingerprint density at radius 2 is 0.778 bits per heavy atom. The third kappa shape index (κ3) is 9.53. The van der Waals surface area contributed by atoms with Crippen LogP contribution in [-0.4, -0.2) is 5.71 Å². The van der Waals surface area contributed by atoms with E-state index in [1.54, 1.807) is 0 Å². The van der Waals surface area contributed by atoms with Crippen molar-refractivity contribution in [3.05, 3.63) is 86.5 Å². The summed E-state index contributed by atoms with van der Waals surface area (Å²) < 4.78 is 34.0. The lowest BCUT2D eigenvalue weighted by Crippen LogP contribution is -2.68. The molecule has 0 amide bonds. The Morgan fingerprint density at radius 3 is 0.978 bits per heavy atom. The molecule has 6 N–H and O–H groups in total. The number of anilines is 2. The zero-order valence-electron chi connectivity index (χ0n) is 29.2. The maximum atomic E-state index is 8.49. The normalized spacial score (nSPS) is 14.1. The fourth-order valence-electron chi connectivity index (χ4n) is 5.90. The minimum absolute atomic E-state index is 0.312. The lowest BCUT2D eigenvalue weighted by atomic mass is 9.78. The number of benzene rings is 2. The number of nitrogen functional groups attached to an aromatic ring is 2. The number of nitrogens with two attached hydrogens (primary N) is 3. The van der Waals surface area contributed by atoms with Crippen molar-refractivity contribution in [2.75, 3.05) is 11.5 Å². The van der Waals surface area contributed by atoms with E-state index in [0.29, 0.717) is 35.5 Å². The topological polar surface area (TPSA) is 170 Å². The molecule has 0 spiro atoms. The third-order valence-electron chi connectivity index (χ3n) is 8.33. The molecule has 0 saturated carbocycles. The Morgan fingerprint density at radius 1 is 0.533 bits per heavy atom. The Hall–Kier alpha value is -2.94. The zero-order valence-corrected chi connectivity index (χ0v) is 29.9. The lowest BCUT2D eigenvalue weighted by Gasteiger charge is -2.26. The average Bonchev–Trinajstić information content (AvgIpc) is 2.88. The summed E-state index contributed by atoms with van der Waals surface area (Å²) in [5.74, 6) is 1.87. The summed E-state index contributed by atoms with van der Waals surface area (Å²) in [5, 5.41) is 6.78. The van der Waals surface area contributed by atoms with Gasteiger partial charge in [0.2, 0.25) is 5.71 Å². The van der Waals surface area contributed by atoms with Gasteiger partial charge in [-0.25, -0.2) is 18.6 Å². The van der Waals surface area contributed by atoms with E-state index >= 15 is 0 Å². The minimum atomic E-state index is -4.94. The van der Waals surface area contributed by atoms with Gasteiger partial charge in [0.15, 0.2) is 0 Å². The summed E-state index contributed by atoms with van der Waals surface area (Å²) in [4.78, 5) is 0. The molecular weight excluding hydrogens is 586 g/mol. The quantitative estimate of drug-likeness (QED) is 0.371. The molecule has 2 aromatic rings. The van der Waals surface area contributed by atoms with Crippen LogP contribution in [0.25, 0.3) is 5.57 Å². The van der Waals surface area contributed by atoms with Gasteiger partial charge >= 0.3 is 0 Å². The molecule has 0 unspecified atom stereocenters. The molecule has 2 aromatic carbocycles. The SMILES string of the molecule is CC(C)C1=CC(=C(c2cc(C(C)C)c(N)c(C(C)C)c2)c2cc(C(C)C)c(N)c(C(C)C)c2)C=C(C(C)C)C1=[NH2+].[O-][Cl+3]([O-])([O-])[O-]. The summed E-state index contributed by atoms with van der Waals surface area (Å²) in [6.45, 7) is 26.8. The van der Waals surface area contributed by atoms with Gasteiger partial charge in [-0.05, 0) is 116 Å². The fraction of sp³-hybridized carbons (Fsp3) is 0.486. The number of rotatable bonds is 8. The maximum Gasteiger partial charge on any atom is 0.203 e. The van der Waals surface area contributed by atoms with Crippen molar-refractivity contribution >= 4 is 22.7 Å². The van der Waals surface area contributed by atoms with E-state index in [9.17, 15) is 0 Å². The summed E-state index contributed by atoms with van der Waals surface area (Å²) in [5.41, 5.74) is 28.3. The number of hydrogen-bond acceptors (Lipinski definition) is 6. The Balaban J connectivity index is 0.00000130. The van der Waals surface area contributed by atoms with Crippen molar-refractivity contribution in [3.8, 4) is 0 Å². The second kappa shape index (κ2) is 15.1. The molecule has 248 valence electrons. The summed E-state index contributed by atoms with van der Waals surface area (Å²) in [7, 11) is -4.94. The van der Waals surface area contributed by atoms with Crippen LogP contribution in [0.3, 0.4) is 0 Å². The van der Waals surface area contributed by atoms with Crippen LogP contribution in [0.2, 0.25) is 0 Å². The van der Waals surface area contributed by atoms with Crippen LogP contribution in [0.1, 0.15) is 140 Å². The average molecular weight is 640 g/mol. The molecule has 0 saturated heterocycles. The van der Waals surface area contributed by atoms with E-state index in [2.05, 4.69) is 120 Å². The van der Waals surface area contributed by atoms with Crippen LogP contribution in [0.4, 0.5) is 11.4 Å². The number of hydrogen-bond donors (Lipinski definition) is 3. The number of halogens is 1. The second-order valence-corrected chi connectivity index (χ2v) is 14.6. The van der Waals surface area contributed by atoms with Crippen LogP contribution in [0, 0.1) is 22.1 Å². The van der Waals surface area contributed by atoms with E-state index in [0.717, 1.165) is 17.1 Å². The maximum absolute atomic E-state index is 8.49. The third-order valence-corrected chi connectivity index (χ3v) is 8.33. The molecule has 7 nitrogen and oxygen atoms in total. The second-order valence-electron chi connectivity index (χ2n) is 13.9. The minimum Gasteiger partial charge on any atom is -0.398 e. The van der Waals surface area contributed by atoms with Crippen molar-refractivity contribution < 1.29 is 34.3 Å². The standard InChI is InChI=1S/C37H53N3.ClHO4/c1-19(2)28-13-25(14-29(20(3)4)35(28)38)34(26-15-30(21(5)6)36(39)31(16-26)22(7)8)27-17-32(23(9)10)37(40)33(18-27)24(11)12;2-1(3,4)5/h13-24,38H,39-40H2,1-12H3;(H,2,3,4,5). The molecule has 0 atom stereocenters. The van der Waals surface area contributed by atoms with Gasteiger partial charge in [0.1, 0.15) is 0 Å². The molecule has 0 heterocycles. The van der Waals surface area contributed by atoms with Gasteiger partial charge in [-0.1, -0.05) is 83.1 Å². The zero-order chi connectivity index (χ0) is 34.7. The van der Waals surface area contributed by atoms with Crippen LogP contribution >= 0.6 is 0 Å². The molecule has 0 bridgehead atoms. The fourth-order valence-corrected chi connectivity index (χ4v) is 5.90. The molecule has 8 heteroatoms. The summed E-state index contributed by atoms with van der Waals surface area (Å²) >= 11 is 0. The molecule has 1 aliphatic rings. The smallest absolute Gasteiger partial charge is 0.203 e. The van der Waals surface area contributed by atoms with Gasteiger partial charge in [-0.15, -0.1) is 10.2 Å². The Labute approximate surface area is 273 Å². The van der Waals surface area contributed by atoms with E-state index in [4.69, 9.17) is 35.5 Å². The monoisotopic (exact) mass is 639 g/mol. The predicted octanol–water partition coefficient (Wildman–Crippen LogP) is 3.77. The van der Waals surface area contributed by atoms with E-state index in [1.807, 2.05) is 0 Å². The molecule has 1 aliphatic carbocycles. The van der Waals surface area contributed by atoms with Gasteiger partial charge < -0.3 is 11.5 Å². The molecule has 0 aliphatic heterocycles. The molecule has 0 radical (unpaired) electrons. The molecule has 45 heavy (non-hydrogen) atoms. The largest absolute Gasteiger partial charge is 0.398 e. The lowest BCUT2D eigenvalue weighted by molar-refractivity contribution is -2.00. The highest BCUT2D eigenvalue weighted by atomic mass is 35.7. The first kappa shape index (κ1) is 38.2. The van der Waals surface area contributed by atoms with Crippen LogP contribution in [0.15, 0.2) is 53.1 Å². The summed E-state index contributed by atoms with van der Waals surface area (Å²) in [6.07, 6.45) is 4.64. The van der Waals surface area contributed by atoms with E-state index in [-0.39, 0.29) is 0 Å². The van der Waals surface area contributed by atoms with Crippen molar-refractivity contribution in [2.24, 2.45) is 11.8 Å². The summed E-state index contributed by atoms with van der Waals surface area (Å²) in [6, 6.07) is 9.29. The van der Waals surface area contributed by atoms with Crippen LogP contribution in [-0.2, 0) is 0 Å². The van der Waals surface area contributed by atoms with Gasteiger partial charge in [-0.3, -0.25) is 5.41 Å². The van der Waals surface area contributed by atoms with Gasteiger partial charge in [-0.2, -0.15) is 0 Å². The van der Waals surface area contributed by atoms with Gasteiger partial charge in [0.05, 0.1) is 0 Å². The van der Waals surface area contributed by atoms with Crippen molar-refractivity contribution in [3.63, 3.8) is 0 Å². The molecular formula is C37H54ClN3O4. The predicted molar refractivity (Wildman–Crippen MR) is 177 cm³/mol. The molecule has 0 fully saturated rings. The van der Waals surface area contributed by atoms with E-state index in [1.165, 1.54) is 55.7 Å². The highest BCUT2D eigenvalue weighted by Gasteiger charge is 2.28. The highest BCUT2D eigenvalue weighted by Crippen LogP contribution is 2.42. The van der Waals surface area contributed by atoms with E-state index < -0.39 is 10.2 Å². The van der Waals surface area contributed by atoms with Crippen molar-refractivity contribution in [2.45, 2.75) is 107 Å². The van der Waals surface area contributed by atoms with Crippen molar-refractivity contribution in [1.82, 2.24) is 0 Å².